The van der Waals surface area contributed by atoms with Gasteiger partial charge in [0.05, 0.1) is 46.4 Å². The first-order valence-electron chi connectivity index (χ1n) is 17.4. The van der Waals surface area contributed by atoms with Gasteiger partial charge in [0, 0.05) is 23.9 Å². The molecule has 0 unspecified atom stereocenters. The van der Waals surface area contributed by atoms with E-state index in [9.17, 15) is 18.0 Å². The summed E-state index contributed by atoms with van der Waals surface area (Å²) in [5.41, 5.74) is 5.70. The molecule has 6 heterocycles. The van der Waals surface area contributed by atoms with Crippen LogP contribution in [0.5, 0.6) is 5.75 Å². The molecule has 0 saturated carbocycles. The highest BCUT2D eigenvalue weighted by Crippen LogP contribution is 2.51. The Morgan fingerprint density at radius 2 is 1.88 bits per heavy atom. The summed E-state index contributed by atoms with van der Waals surface area (Å²) in [5.74, 6) is 1.28. The molecule has 0 spiro atoms. The normalized spacial score (nSPS) is 17.7. The summed E-state index contributed by atoms with van der Waals surface area (Å²) in [6, 6.07) is 15.2. The van der Waals surface area contributed by atoms with E-state index in [1.54, 1.807) is 26.2 Å². The third-order valence-electron chi connectivity index (χ3n) is 10.4. The number of fused-ring (bicyclic) bond motifs is 5. The Morgan fingerprint density at radius 1 is 1.04 bits per heavy atom. The number of hydrogen-bond acceptors (Lipinski definition) is 9. The molecule has 9 rings (SSSR count). The van der Waals surface area contributed by atoms with Crippen LogP contribution in [0.2, 0.25) is 0 Å². The number of carbonyl (C=O) groups excluding carboxylic acids is 1. The standard InChI is InChI=1S/C39H33F3N6O3S/c1-19-46-47-38(51-19)31-26(14-10-20-8-11-22(40)12-9-20)43-34-28-6-4-16-48(28)39(49)33(34)32(31)30-18-21-17-27(36(41)42)45-37(35(21)52-30)44-25-15-13-24-23(25)5-3-7-29(24)50-2/h3,5,7-9,11-12,17-18,25,28,36H,4,6,10,13-16H2,1-2H3,(H,44,45)/t25-,28-/m1/s1. The van der Waals surface area contributed by atoms with Gasteiger partial charge in [0.15, 0.2) is 0 Å². The van der Waals surface area contributed by atoms with Crippen molar-refractivity contribution in [1.29, 1.82) is 0 Å². The fourth-order valence-electron chi connectivity index (χ4n) is 8.05. The molecule has 1 amide bonds. The summed E-state index contributed by atoms with van der Waals surface area (Å²) in [4.78, 5) is 26.4. The van der Waals surface area contributed by atoms with Gasteiger partial charge in [-0.15, -0.1) is 21.5 Å². The number of pyridine rings is 2. The summed E-state index contributed by atoms with van der Waals surface area (Å²) in [6.45, 7) is 2.32. The van der Waals surface area contributed by atoms with Gasteiger partial charge >= 0.3 is 0 Å². The molecule has 2 atom stereocenters. The number of carbonyl (C=O) groups is 1. The number of amides is 1. The molecule has 4 aromatic heterocycles. The zero-order chi connectivity index (χ0) is 35.7. The number of halogens is 3. The van der Waals surface area contributed by atoms with Gasteiger partial charge in [-0.3, -0.25) is 9.78 Å². The van der Waals surface area contributed by atoms with E-state index >= 15 is 0 Å². The Balaban J connectivity index is 1.23. The molecule has 0 bridgehead atoms. The quantitative estimate of drug-likeness (QED) is 0.158. The van der Waals surface area contributed by atoms with Crippen LogP contribution < -0.4 is 10.1 Å². The first kappa shape index (κ1) is 32.6. The highest BCUT2D eigenvalue weighted by molar-refractivity contribution is 7.23. The van der Waals surface area contributed by atoms with Crippen LogP contribution in [-0.4, -0.2) is 44.6 Å². The van der Waals surface area contributed by atoms with Gasteiger partial charge in [0.2, 0.25) is 11.8 Å². The maximum Gasteiger partial charge on any atom is 0.280 e. The van der Waals surface area contributed by atoms with Gasteiger partial charge in [0.1, 0.15) is 23.1 Å². The number of alkyl halides is 2. The fraction of sp³-hybridized carbons (Fsp3) is 0.308. The highest BCUT2D eigenvalue weighted by Gasteiger charge is 2.45. The largest absolute Gasteiger partial charge is 0.496 e. The van der Waals surface area contributed by atoms with Gasteiger partial charge in [-0.2, -0.15) is 0 Å². The smallest absolute Gasteiger partial charge is 0.280 e. The average molecular weight is 723 g/mol. The number of aromatic nitrogens is 4. The van der Waals surface area contributed by atoms with Crippen LogP contribution in [0.1, 0.15) is 87.8 Å². The molecule has 6 aromatic rings. The SMILES string of the molecule is COc1cccc2c1CC[C@H]2Nc1nc(C(F)F)cc2cc(-c3c4c(nc(CCc5ccc(F)cc5)c3-c3nnc(C)o3)[C@H]3CCCN3C4=O)sc12. The minimum atomic E-state index is -2.79. The summed E-state index contributed by atoms with van der Waals surface area (Å²) >= 11 is 1.38. The molecule has 13 heteroatoms. The Morgan fingerprint density at radius 3 is 2.65 bits per heavy atom. The number of nitrogens with zero attached hydrogens (tertiary/aromatic N) is 5. The molecule has 2 aromatic carbocycles. The molecule has 1 fully saturated rings. The van der Waals surface area contributed by atoms with Crippen molar-refractivity contribution in [3.63, 3.8) is 0 Å². The molecule has 1 aliphatic carbocycles. The van der Waals surface area contributed by atoms with E-state index in [1.165, 1.54) is 29.5 Å². The minimum Gasteiger partial charge on any atom is -0.496 e. The lowest BCUT2D eigenvalue weighted by molar-refractivity contribution is 0.0776. The monoisotopic (exact) mass is 722 g/mol. The predicted octanol–water partition coefficient (Wildman–Crippen LogP) is 8.98. The summed E-state index contributed by atoms with van der Waals surface area (Å²) < 4.78 is 54.9. The number of hydrogen-bond donors (Lipinski definition) is 1. The van der Waals surface area contributed by atoms with Gasteiger partial charge in [-0.25, -0.2) is 18.2 Å². The summed E-state index contributed by atoms with van der Waals surface area (Å²) in [5, 5.41) is 12.6. The zero-order valence-corrected chi connectivity index (χ0v) is 29.2. The Bertz CT molecular complexity index is 2380. The van der Waals surface area contributed by atoms with Gasteiger partial charge < -0.3 is 19.4 Å². The van der Waals surface area contributed by atoms with E-state index in [2.05, 4.69) is 20.5 Å². The van der Waals surface area contributed by atoms with Crippen LogP contribution in [-0.2, 0) is 19.3 Å². The number of aryl methyl sites for hydroxylation is 3. The maximum absolute atomic E-state index is 14.4. The van der Waals surface area contributed by atoms with E-state index in [-0.39, 0.29) is 35.4 Å². The third-order valence-corrected chi connectivity index (χ3v) is 11.6. The lowest BCUT2D eigenvalue weighted by atomic mass is 9.93. The van der Waals surface area contributed by atoms with Crippen molar-refractivity contribution in [2.24, 2.45) is 0 Å². The van der Waals surface area contributed by atoms with Crippen molar-refractivity contribution in [3.05, 3.63) is 106 Å². The first-order chi connectivity index (χ1) is 25.3. The molecular formula is C39H33F3N6O3S. The van der Waals surface area contributed by atoms with Gasteiger partial charge in [0.25, 0.3) is 12.3 Å². The number of thiophene rings is 1. The second kappa shape index (κ2) is 12.7. The molecule has 9 nitrogen and oxygen atoms in total. The van der Waals surface area contributed by atoms with Crippen molar-refractivity contribution >= 4 is 33.1 Å². The molecule has 52 heavy (non-hydrogen) atoms. The van der Waals surface area contributed by atoms with Crippen LogP contribution in [0.4, 0.5) is 19.0 Å². The third kappa shape index (κ3) is 5.40. The highest BCUT2D eigenvalue weighted by atomic mass is 32.1. The number of methoxy groups -OCH3 is 1. The van der Waals surface area contributed by atoms with Crippen molar-refractivity contribution in [1.82, 2.24) is 25.1 Å². The van der Waals surface area contributed by atoms with E-state index in [4.69, 9.17) is 14.1 Å². The lowest BCUT2D eigenvalue weighted by Crippen LogP contribution is -2.22. The summed E-state index contributed by atoms with van der Waals surface area (Å²) in [7, 11) is 1.64. The second-order valence-electron chi connectivity index (χ2n) is 13.5. The van der Waals surface area contributed by atoms with Gasteiger partial charge in [-0.05, 0) is 90.9 Å². The molecule has 0 radical (unpaired) electrons. The number of benzene rings is 2. The van der Waals surface area contributed by atoms with Crippen LogP contribution in [0.25, 0.3) is 32.0 Å². The van der Waals surface area contributed by atoms with Gasteiger partial charge in [-0.1, -0.05) is 24.3 Å². The molecular weight excluding hydrogens is 690 g/mol. The number of anilines is 1. The van der Waals surface area contributed by atoms with E-state index in [0.717, 1.165) is 48.1 Å². The van der Waals surface area contributed by atoms with Crippen molar-refractivity contribution in [3.8, 4) is 27.6 Å². The van der Waals surface area contributed by atoms with Crippen LogP contribution in [0.15, 0.2) is 59.0 Å². The van der Waals surface area contributed by atoms with Crippen molar-refractivity contribution in [2.75, 3.05) is 19.0 Å². The Labute approximate surface area is 300 Å². The second-order valence-corrected chi connectivity index (χ2v) is 14.5. The molecule has 3 aliphatic rings. The lowest BCUT2D eigenvalue weighted by Gasteiger charge is -2.17. The fourth-order valence-corrected chi connectivity index (χ4v) is 9.20. The molecule has 2 aliphatic heterocycles. The van der Waals surface area contributed by atoms with Crippen molar-refractivity contribution < 1.29 is 27.1 Å². The first-order valence-corrected chi connectivity index (χ1v) is 18.2. The number of rotatable bonds is 9. The topological polar surface area (TPSA) is 106 Å². The molecule has 264 valence electrons. The Kier molecular flexibility index (Phi) is 7.98. The molecule has 1 N–H and O–H groups in total. The predicted molar refractivity (Wildman–Crippen MR) is 190 cm³/mol. The minimum absolute atomic E-state index is 0.124. The van der Waals surface area contributed by atoms with E-state index < -0.39 is 6.43 Å². The Hall–Kier alpha value is -5.30. The number of ether oxygens (including phenoxy) is 1. The molecule has 1 saturated heterocycles. The zero-order valence-electron chi connectivity index (χ0n) is 28.4. The van der Waals surface area contributed by atoms with E-state index in [1.807, 2.05) is 29.2 Å². The maximum atomic E-state index is 14.4. The van der Waals surface area contributed by atoms with Crippen LogP contribution in [0.3, 0.4) is 0 Å². The average Bonchev–Trinajstić information content (AvgIpc) is 3.98. The van der Waals surface area contributed by atoms with Crippen LogP contribution in [0, 0.1) is 12.7 Å². The summed E-state index contributed by atoms with van der Waals surface area (Å²) in [6.07, 6.45) is 1.39. The van der Waals surface area contributed by atoms with Crippen molar-refractivity contribution in [2.45, 2.75) is 64.0 Å². The number of nitrogens with one attached hydrogen (secondary N) is 1. The van der Waals surface area contributed by atoms with E-state index in [0.29, 0.717) is 74.1 Å². The van der Waals surface area contributed by atoms with Crippen LogP contribution >= 0.6 is 11.3 Å².